The van der Waals surface area contributed by atoms with Gasteiger partial charge in [0.05, 0.1) is 11.7 Å². The number of nitrogens with one attached hydrogen (secondary N) is 1. The summed E-state index contributed by atoms with van der Waals surface area (Å²) in [7, 11) is 0. The van der Waals surface area contributed by atoms with Gasteiger partial charge in [-0.25, -0.2) is 22.6 Å². The Labute approximate surface area is 150 Å². The molecule has 1 amide bonds. The molecule has 3 fully saturated rings. The van der Waals surface area contributed by atoms with E-state index in [1.54, 1.807) is 18.5 Å². The van der Waals surface area contributed by atoms with E-state index >= 15 is 0 Å². The molecule has 0 saturated heterocycles. The number of hydrogen-bond acceptors (Lipinski definition) is 3. The van der Waals surface area contributed by atoms with Gasteiger partial charge in [-0.3, -0.25) is 5.32 Å². The summed E-state index contributed by atoms with van der Waals surface area (Å²) in [6, 6.07) is 0.167. The van der Waals surface area contributed by atoms with Gasteiger partial charge in [0.15, 0.2) is 0 Å². The Bertz CT molecular complexity index is 716. The summed E-state index contributed by atoms with van der Waals surface area (Å²) in [5.74, 6) is -2.14. The molecular formula is C18H24F3N3O2. The van der Waals surface area contributed by atoms with Crippen molar-refractivity contribution in [2.75, 3.05) is 5.32 Å². The number of rotatable bonds is 4. The van der Waals surface area contributed by atoms with E-state index in [0.29, 0.717) is 17.1 Å². The Morgan fingerprint density at radius 2 is 1.96 bits per heavy atom. The standard InChI is InChI=1S/C18H24F3N3O2/c1-10-14(17(2)8-18(20,21)9-17)23-24(12-4-3-5-12)15(10)22-16(25)26-13-6-11(19)7-13/h11-13H,3-9H2,1-2H3,(H,22,25)/t11-,13+. The average molecular weight is 371 g/mol. The van der Waals surface area contributed by atoms with Gasteiger partial charge in [-0.2, -0.15) is 5.10 Å². The predicted octanol–water partition coefficient (Wildman–Crippen LogP) is 4.65. The molecule has 0 aromatic carbocycles. The number of amides is 1. The van der Waals surface area contributed by atoms with Crippen LogP contribution in [0.3, 0.4) is 0 Å². The maximum atomic E-state index is 13.5. The highest BCUT2D eigenvalue weighted by molar-refractivity contribution is 5.85. The molecule has 3 aliphatic carbocycles. The summed E-state index contributed by atoms with van der Waals surface area (Å²) in [6.07, 6.45) is 1.04. The number of alkyl halides is 3. The van der Waals surface area contributed by atoms with E-state index in [-0.39, 0.29) is 31.7 Å². The first kappa shape index (κ1) is 17.7. The minimum Gasteiger partial charge on any atom is -0.446 e. The molecule has 0 spiro atoms. The molecule has 1 N–H and O–H groups in total. The largest absolute Gasteiger partial charge is 0.446 e. The fourth-order valence-electron chi connectivity index (χ4n) is 4.27. The lowest BCUT2D eigenvalue weighted by Crippen LogP contribution is -2.47. The van der Waals surface area contributed by atoms with Crippen molar-refractivity contribution in [2.24, 2.45) is 0 Å². The molecule has 1 heterocycles. The number of carbonyl (C=O) groups excluding carboxylic acids is 1. The van der Waals surface area contributed by atoms with Crippen LogP contribution in [0.2, 0.25) is 0 Å². The lowest BCUT2D eigenvalue weighted by atomic mass is 9.65. The number of nitrogens with zero attached hydrogens (tertiary/aromatic N) is 2. The third-order valence-electron chi connectivity index (χ3n) is 5.97. The molecule has 8 heteroatoms. The maximum absolute atomic E-state index is 13.5. The Morgan fingerprint density at radius 1 is 1.31 bits per heavy atom. The molecule has 1 aromatic rings. The van der Waals surface area contributed by atoms with Gasteiger partial charge in [-0.15, -0.1) is 0 Å². The fraction of sp³-hybridized carbons (Fsp3) is 0.778. The second-order valence-electron chi connectivity index (χ2n) is 8.34. The van der Waals surface area contributed by atoms with Gasteiger partial charge in [0, 0.05) is 36.7 Å². The van der Waals surface area contributed by atoms with E-state index in [0.717, 1.165) is 19.3 Å². The predicted molar refractivity (Wildman–Crippen MR) is 89.4 cm³/mol. The summed E-state index contributed by atoms with van der Waals surface area (Å²) in [4.78, 5) is 12.2. The van der Waals surface area contributed by atoms with Crippen molar-refractivity contribution in [2.45, 2.75) is 88.4 Å². The monoisotopic (exact) mass is 371 g/mol. The van der Waals surface area contributed by atoms with Crippen LogP contribution >= 0.6 is 0 Å². The highest BCUT2D eigenvalue weighted by Crippen LogP contribution is 2.54. The smallest absolute Gasteiger partial charge is 0.413 e. The SMILES string of the molecule is Cc1c(C2(C)CC(F)(F)C2)nn(C2CCC2)c1NC(=O)O[C@H]1C[C@@H](F)C1. The molecule has 3 aliphatic rings. The van der Waals surface area contributed by atoms with E-state index in [2.05, 4.69) is 10.4 Å². The lowest BCUT2D eigenvalue weighted by molar-refractivity contribution is -0.122. The molecule has 5 nitrogen and oxygen atoms in total. The van der Waals surface area contributed by atoms with Gasteiger partial charge in [-0.05, 0) is 26.2 Å². The highest BCUT2D eigenvalue weighted by Gasteiger charge is 2.56. The second-order valence-corrected chi connectivity index (χ2v) is 8.34. The molecule has 1 aromatic heterocycles. The van der Waals surface area contributed by atoms with Crippen molar-refractivity contribution in [3.05, 3.63) is 11.3 Å². The number of aromatic nitrogens is 2. The van der Waals surface area contributed by atoms with Crippen LogP contribution in [0.25, 0.3) is 0 Å². The molecule has 3 saturated carbocycles. The first-order valence-corrected chi connectivity index (χ1v) is 9.26. The quantitative estimate of drug-likeness (QED) is 0.838. The Hall–Kier alpha value is -1.73. The molecule has 0 atom stereocenters. The third-order valence-corrected chi connectivity index (χ3v) is 5.97. The summed E-state index contributed by atoms with van der Waals surface area (Å²) >= 11 is 0. The first-order valence-electron chi connectivity index (χ1n) is 9.26. The topological polar surface area (TPSA) is 56.2 Å². The van der Waals surface area contributed by atoms with E-state index in [1.807, 2.05) is 0 Å². The zero-order chi connectivity index (χ0) is 18.7. The van der Waals surface area contributed by atoms with Crippen molar-refractivity contribution in [1.29, 1.82) is 0 Å². The molecule has 0 bridgehead atoms. The number of hydrogen-bond donors (Lipinski definition) is 1. The summed E-state index contributed by atoms with van der Waals surface area (Å²) in [6.45, 7) is 3.60. The van der Waals surface area contributed by atoms with E-state index < -0.39 is 29.7 Å². The van der Waals surface area contributed by atoms with E-state index in [1.165, 1.54) is 0 Å². The molecular weight excluding hydrogens is 347 g/mol. The molecule has 0 unspecified atom stereocenters. The van der Waals surface area contributed by atoms with Crippen LogP contribution in [-0.2, 0) is 10.2 Å². The van der Waals surface area contributed by atoms with Gasteiger partial charge < -0.3 is 4.74 Å². The minimum absolute atomic E-state index is 0.167. The Kier molecular flexibility index (Phi) is 4.00. The van der Waals surface area contributed by atoms with E-state index in [9.17, 15) is 18.0 Å². The molecule has 4 rings (SSSR count). The number of anilines is 1. The molecule has 0 aliphatic heterocycles. The minimum atomic E-state index is -2.65. The zero-order valence-corrected chi connectivity index (χ0v) is 15.0. The summed E-state index contributed by atoms with van der Waals surface area (Å²) < 4.78 is 46.8. The third kappa shape index (κ3) is 2.97. The first-order chi connectivity index (χ1) is 12.2. The van der Waals surface area contributed by atoms with Crippen molar-refractivity contribution in [3.8, 4) is 0 Å². The average Bonchev–Trinajstić information content (AvgIpc) is 2.71. The normalized spacial score (nSPS) is 29.3. The van der Waals surface area contributed by atoms with Gasteiger partial charge in [0.2, 0.25) is 5.92 Å². The second kappa shape index (κ2) is 5.89. The number of ether oxygens (including phenoxy) is 1. The maximum Gasteiger partial charge on any atom is 0.413 e. The summed E-state index contributed by atoms with van der Waals surface area (Å²) in [5.41, 5.74) is 0.653. The van der Waals surface area contributed by atoms with Crippen LogP contribution in [0.1, 0.15) is 69.2 Å². The number of halogens is 3. The van der Waals surface area contributed by atoms with Crippen molar-refractivity contribution in [3.63, 3.8) is 0 Å². The number of carbonyl (C=O) groups is 1. The molecule has 26 heavy (non-hydrogen) atoms. The fourth-order valence-corrected chi connectivity index (χ4v) is 4.27. The zero-order valence-electron chi connectivity index (χ0n) is 15.0. The van der Waals surface area contributed by atoms with Crippen molar-refractivity contribution in [1.82, 2.24) is 9.78 Å². The summed E-state index contributed by atoms with van der Waals surface area (Å²) in [5, 5.41) is 7.36. The van der Waals surface area contributed by atoms with Crippen LogP contribution in [0.15, 0.2) is 0 Å². The van der Waals surface area contributed by atoms with Gasteiger partial charge in [0.1, 0.15) is 18.1 Å². The lowest BCUT2D eigenvalue weighted by Gasteiger charge is -2.44. The Morgan fingerprint density at radius 3 is 2.46 bits per heavy atom. The molecule has 0 radical (unpaired) electrons. The van der Waals surface area contributed by atoms with Gasteiger partial charge in [0.25, 0.3) is 0 Å². The highest BCUT2D eigenvalue weighted by atomic mass is 19.3. The van der Waals surface area contributed by atoms with Crippen LogP contribution in [0.5, 0.6) is 0 Å². The van der Waals surface area contributed by atoms with Crippen LogP contribution in [-0.4, -0.2) is 34.1 Å². The van der Waals surface area contributed by atoms with E-state index in [4.69, 9.17) is 4.74 Å². The van der Waals surface area contributed by atoms with Crippen LogP contribution < -0.4 is 5.32 Å². The van der Waals surface area contributed by atoms with Crippen LogP contribution in [0, 0.1) is 6.92 Å². The van der Waals surface area contributed by atoms with Crippen molar-refractivity contribution < 1.29 is 22.7 Å². The molecule has 144 valence electrons. The van der Waals surface area contributed by atoms with Crippen LogP contribution in [0.4, 0.5) is 23.8 Å². The van der Waals surface area contributed by atoms with Crippen molar-refractivity contribution >= 4 is 11.9 Å². The Balaban J connectivity index is 1.55. The van der Waals surface area contributed by atoms with Gasteiger partial charge >= 0.3 is 6.09 Å². The van der Waals surface area contributed by atoms with Gasteiger partial charge in [-0.1, -0.05) is 6.92 Å².